The van der Waals surface area contributed by atoms with E-state index in [2.05, 4.69) is 31.1 Å². The fourth-order valence-corrected chi connectivity index (χ4v) is 3.87. The first-order chi connectivity index (χ1) is 11.8. The summed E-state index contributed by atoms with van der Waals surface area (Å²) < 4.78 is 5.44. The van der Waals surface area contributed by atoms with Crippen molar-refractivity contribution in [1.82, 2.24) is 10.3 Å². The van der Waals surface area contributed by atoms with Crippen molar-refractivity contribution in [2.45, 2.75) is 59.5 Å². The molecule has 1 amide bonds. The van der Waals surface area contributed by atoms with E-state index in [1.165, 1.54) is 0 Å². The van der Waals surface area contributed by atoms with E-state index in [1.807, 2.05) is 12.1 Å². The monoisotopic (exact) mass is 346 g/mol. The number of hydrogen-bond donors (Lipinski definition) is 1. The minimum atomic E-state index is -0.759. The van der Waals surface area contributed by atoms with Crippen molar-refractivity contribution >= 4 is 11.9 Å². The van der Waals surface area contributed by atoms with Crippen LogP contribution in [0, 0.1) is 17.3 Å². The van der Waals surface area contributed by atoms with Gasteiger partial charge in [0.25, 0.3) is 5.91 Å². The van der Waals surface area contributed by atoms with E-state index in [4.69, 9.17) is 4.74 Å². The number of esters is 1. The summed E-state index contributed by atoms with van der Waals surface area (Å²) in [5.74, 6) is -0.0847. The molecule has 3 atom stereocenters. The molecule has 1 aliphatic rings. The van der Waals surface area contributed by atoms with Crippen LogP contribution in [0.15, 0.2) is 24.5 Å². The highest BCUT2D eigenvalue weighted by Gasteiger charge is 2.37. The van der Waals surface area contributed by atoms with Crippen molar-refractivity contribution in [3.05, 3.63) is 30.1 Å². The summed E-state index contributed by atoms with van der Waals surface area (Å²) in [5, 5.41) is 2.83. The first-order valence-corrected chi connectivity index (χ1v) is 9.14. The van der Waals surface area contributed by atoms with Crippen LogP contribution in [0.1, 0.15) is 52.5 Å². The van der Waals surface area contributed by atoms with Gasteiger partial charge in [0.2, 0.25) is 0 Å². The Morgan fingerprint density at radius 1 is 1.32 bits per heavy atom. The number of pyridine rings is 1. The lowest BCUT2D eigenvalue weighted by molar-refractivity contribution is -0.161. The maximum absolute atomic E-state index is 12.4. The molecule has 2 rings (SSSR count). The van der Waals surface area contributed by atoms with Gasteiger partial charge in [0, 0.05) is 18.9 Å². The Morgan fingerprint density at radius 3 is 2.64 bits per heavy atom. The van der Waals surface area contributed by atoms with Crippen LogP contribution in [-0.2, 0) is 20.7 Å². The summed E-state index contributed by atoms with van der Waals surface area (Å²) in [7, 11) is 0. The normalized spacial score (nSPS) is 23.5. The van der Waals surface area contributed by atoms with Crippen LogP contribution in [-0.4, -0.2) is 29.5 Å². The van der Waals surface area contributed by atoms with Gasteiger partial charge < -0.3 is 10.1 Å². The van der Waals surface area contributed by atoms with Crippen molar-refractivity contribution in [3.8, 4) is 0 Å². The number of aromatic nitrogens is 1. The Hall–Kier alpha value is -1.91. The average molecular weight is 346 g/mol. The lowest BCUT2D eigenvalue weighted by Crippen LogP contribution is -2.40. The van der Waals surface area contributed by atoms with Crippen LogP contribution < -0.4 is 5.32 Å². The lowest BCUT2D eigenvalue weighted by atomic mass is 9.68. The molecule has 0 aliphatic heterocycles. The first-order valence-electron chi connectivity index (χ1n) is 9.14. The van der Waals surface area contributed by atoms with Crippen molar-refractivity contribution < 1.29 is 14.3 Å². The summed E-state index contributed by atoms with van der Waals surface area (Å²) in [4.78, 5) is 28.5. The van der Waals surface area contributed by atoms with Gasteiger partial charge in [0.1, 0.15) is 0 Å². The van der Waals surface area contributed by atoms with Gasteiger partial charge in [-0.15, -0.1) is 0 Å². The van der Waals surface area contributed by atoms with E-state index in [1.54, 1.807) is 19.3 Å². The Bertz CT molecular complexity index is 586. The summed E-state index contributed by atoms with van der Waals surface area (Å²) in [6.45, 7) is 8.71. The number of nitrogens with zero attached hydrogens (tertiary/aromatic N) is 1. The molecule has 1 heterocycles. The first kappa shape index (κ1) is 19.4. The number of hydrogen-bond acceptors (Lipinski definition) is 4. The predicted octanol–water partition coefficient (Wildman–Crippen LogP) is 3.13. The van der Waals surface area contributed by atoms with Crippen LogP contribution in [0.25, 0.3) is 0 Å². The Kier molecular flexibility index (Phi) is 6.57. The predicted molar refractivity (Wildman–Crippen MR) is 96.8 cm³/mol. The van der Waals surface area contributed by atoms with Gasteiger partial charge in [-0.1, -0.05) is 20.8 Å². The summed E-state index contributed by atoms with van der Waals surface area (Å²) in [5.41, 5.74) is 1.26. The second kappa shape index (κ2) is 8.45. The highest BCUT2D eigenvalue weighted by molar-refractivity contribution is 5.83. The molecule has 25 heavy (non-hydrogen) atoms. The number of carbonyl (C=O) groups excluding carboxylic acids is 2. The van der Waals surface area contributed by atoms with Crippen molar-refractivity contribution in [2.75, 3.05) is 6.54 Å². The molecule has 1 aromatic heterocycles. The molecule has 1 saturated carbocycles. The Balaban J connectivity index is 1.77. The third kappa shape index (κ3) is 6.15. The zero-order valence-corrected chi connectivity index (χ0v) is 15.7. The van der Waals surface area contributed by atoms with Gasteiger partial charge in [-0.05, 0) is 61.6 Å². The van der Waals surface area contributed by atoms with Crippen molar-refractivity contribution in [2.24, 2.45) is 17.3 Å². The maximum atomic E-state index is 12.4. The molecule has 1 unspecified atom stereocenters. The fraction of sp³-hybridized carbons (Fsp3) is 0.650. The largest absolute Gasteiger partial charge is 0.452 e. The third-order valence-corrected chi connectivity index (χ3v) is 4.84. The molecule has 1 N–H and O–H groups in total. The van der Waals surface area contributed by atoms with Crippen LogP contribution in [0.3, 0.4) is 0 Å². The van der Waals surface area contributed by atoms with E-state index in [9.17, 15) is 9.59 Å². The summed E-state index contributed by atoms with van der Waals surface area (Å²) >= 11 is 0. The molecule has 0 bridgehead atoms. The lowest BCUT2D eigenvalue weighted by Gasteiger charge is -2.38. The third-order valence-electron chi connectivity index (χ3n) is 4.84. The number of carbonyl (C=O) groups is 2. The van der Waals surface area contributed by atoms with Crippen LogP contribution in [0.2, 0.25) is 0 Å². The quantitative estimate of drug-likeness (QED) is 0.804. The second-order valence-corrected chi connectivity index (χ2v) is 8.09. The molecule has 1 aliphatic carbocycles. The van der Waals surface area contributed by atoms with E-state index >= 15 is 0 Å². The van der Waals surface area contributed by atoms with Gasteiger partial charge in [0.15, 0.2) is 6.10 Å². The molecule has 5 nitrogen and oxygen atoms in total. The second-order valence-electron chi connectivity index (χ2n) is 8.09. The number of amides is 1. The zero-order chi connectivity index (χ0) is 18.4. The van der Waals surface area contributed by atoms with Crippen molar-refractivity contribution in [1.29, 1.82) is 0 Å². The Morgan fingerprint density at radius 2 is 2.00 bits per heavy atom. The molecular weight excluding hydrogens is 316 g/mol. The summed E-state index contributed by atoms with van der Waals surface area (Å²) in [6, 6.07) is 3.84. The molecule has 1 fully saturated rings. The Labute approximate surface area is 150 Å². The van der Waals surface area contributed by atoms with Gasteiger partial charge >= 0.3 is 5.97 Å². The highest BCUT2D eigenvalue weighted by atomic mass is 16.5. The number of ether oxygens (including phenoxy) is 1. The molecule has 0 aromatic carbocycles. The van der Waals surface area contributed by atoms with Crippen LogP contribution in [0.4, 0.5) is 0 Å². The number of rotatable bonds is 6. The van der Waals surface area contributed by atoms with Gasteiger partial charge in [-0.25, -0.2) is 0 Å². The smallest absolute Gasteiger partial charge is 0.309 e. The molecule has 0 radical (unpaired) electrons. The minimum Gasteiger partial charge on any atom is -0.452 e. The number of nitrogens with one attached hydrogen (secondary N) is 1. The molecule has 0 spiro atoms. The SMILES string of the molecule is CC(OC(=O)[C@@H]1C[C@H](C)CC(C)(C)C1)C(=O)NCCc1ccncc1. The van der Waals surface area contributed by atoms with Crippen LogP contribution in [0.5, 0.6) is 0 Å². The highest BCUT2D eigenvalue weighted by Crippen LogP contribution is 2.42. The fourth-order valence-electron chi connectivity index (χ4n) is 3.87. The van der Waals surface area contributed by atoms with E-state index in [0.717, 1.165) is 31.2 Å². The summed E-state index contributed by atoms with van der Waals surface area (Å²) in [6.07, 6.45) is 6.23. The molecule has 1 aromatic rings. The van der Waals surface area contributed by atoms with Gasteiger partial charge in [-0.2, -0.15) is 0 Å². The van der Waals surface area contributed by atoms with Crippen molar-refractivity contribution in [3.63, 3.8) is 0 Å². The molecular formula is C20H30N2O3. The zero-order valence-electron chi connectivity index (χ0n) is 15.7. The molecule has 138 valence electrons. The topological polar surface area (TPSA) is 68.3 Å². The minimum absolute atomic E-state index is 0.106. The van der Waals surface area contributed by atoms with E-state index in [-0.39, 0.29) is 23.2 Å². The average Bonchev–Trinajstić information content (AvgIpc) is 2.53. The van der Waals surface area contributed by atoms with Gasteiger partial charge in [-0.3, -0.25) is 14.6 Å². The maximum Gasteiger partial charge on any atom is 0.309 e. The standard InChI is InChI=1S/C20H30N2O3/c1-14-11-17(13-20(3,4)12-14)19(24)25-15(2)18(23)22-10-7-16-5-8-21-9-6-16/h5-6,8-9,14-15,17H,7,10-13H2,1-4H3,(H,22,23)/t14-,15?,17+/m0/s1. The van der Waals surface area contributed by atoms with Crippen LogP contribution >= 0.6 is 0 Å². The molecule has 0 saturated heterocycles. The van der Waals surface area contributed by atoms with E-state index < -0.39 is 6.10 Å². The van der Waals surface area contributed by atoms with Gasteiger partial charge in [0.05, 0.1) is 5.92 Å². The molecule has 5 heteroatoms. The van der Waals surface area contributed by atoms with E-state index in [0.29, 0.717) is 12.5 Å².